The highest BCUT2D eigenvalue weighted by molar-refractivity contribution is 6.13. The van der Waals surface area contributed by atoms with Gasteiger partial charge in [-0.25, -0.2) is 18.4 Å². The number of rotatable bonds is 3. The van der Waals surface area contributed by atoms with Gasteiger partial charge in [0, 0.05) is 23.7 Å². The van der Waals surface area contributed by atoms with Crippen molar-refractivity contribution in [2.45, 2.75) is 64.5 Å². The molecule has 0 N–H and O–H groups in total. The summed E-state index contributed by atoms with van der Waals surface area (Å²) in [5.41, 5.74) is 2.78. The minimum absolute atomic E-state index is 0.129. The van der Waals surface area contributed by atoms with Crippen LogP contribution in [0.1, 0.15) is 65.6 Å². The molecule has 29 heavy (non-hydrogen) atoms. The van der Waals surface area contributed by atoms with Gasteiger partial charge in [-0.1, -0.05) is 5.16 Å². The van der Waals surface area contributed by atoms with E-state index in [9.17, 15) is 13.6 Å². The monoisotopic (exact) mass is 401 g/mol. The Morgan fingerprint density at radius 2 is 2.03 bits per heavy atom. The smallest absolute Gasteiger partial charge is 0.260 e. The summed E-state index contributed by atoms with van der Waals surface area (Å²) >= 11 is 0. The van der Waals surface area contributed by atoms with Gasteiger partial charge >= 0.3 is 0 Å². The van der Waals surface area contributed by atoms with Crippen LogP contribution in [0, 0.1) is 13.8 Å². The first-order chi connectivity index (χ1) is 13.8. The van der Waals surface area contributed by atoms with Crippen LogP contribution in [-0.2, 0) is 0 Å². The van der Waals surface area contributed by atoms with Crippen molar-refractivity contribution in [1.29, 1.82) is 0 Å². The average Bonchev–Trinajstić information content (AvgIpc) is 3.36. The maximum absolute atomic E-state index is 13.7. The van der Waals surface area contributed by atoms with Crippen LogP contribution in [0.15, 0.2) is 16.7 Å². The zero-order chi connectivity index (χ0) is 20.4. The van der Waals surface area contributed by atoms with Crippen molar-refractivity contribution < 1.29 is 18.1 Å². The Morgan fingerprint density at radius 1 is 1.28 bits per heavy atom. The molecule has 3 aromatic rings. The number of alkyl halides is 2. The highest BCUT2D eigenvalue weighted by atomic mass is 19.3. The third-order valence-electron chi connectivity index (χ3n) is 5.80. The molecule has 7 nitrogen and oxygen atoms in total. The van der Waals surface area contributed by atoms with E-state index < -0.39 is 18.5 Å². The minimum atomic E-state index is -2.55. The van der Waals surface area contributed by atoms with E-state index in [-0.39, 0.29) is 12.3 Å². The zero-order valence-electron chi connectivity index (χ0n) is 16.4. The number of carbonyl (C=O) groups is 1. The Hall–Kier alpha value is -2.84. The predicted octanol–water partition coefficient (Wildman–Crippen LogP) is 4.16. The molecule has 0 unspecified atom stereocenters. The van der Waals surface area contributed by atoms with Gasteiger partial charge in [0.25, 0.3) is 18.0 Å². The van der Waals surface area contributed by atoms with Gasteiger partial charge < -0.3 is 4.52 Å². The Labute approximate surface area is 165 Å². The fraction of sp³-hybridized carbons (Fsp3) is 0.500. The SMILES string of the molecule is Cc1cc2n(n1)[C@@H](C(F)F)C[C@@H](C)N2C(=O)c1cc(C2CC2)nc2onc(C)c12. The molecule has 4 heterocycles. The number of hydrogen-bond acceptors (Lipinski definition) is 5. The summed E-state index contributed by atoms with van der Waals surface area (Å²) in [5.74, 6) is 0.446. The van der Waals surface area contributed by atoms with Gasteiger partial charge in [-0.15, -0.1) is 0 Å². The summed E-state index contributed by atoms with van der Waals surface area (Å²) in [5, 5.41) is 8.80. The topological polar surface area (TPSA) is 77.0 Å². The largest absolute Gasteiger partial charge is 0.336 e. The molecule has 0 bridgehead atoms. The number of anilines is 1. The highest BCUT2D eigenvalue weighted by Gasteiger charge is 2.40. The molecule has 3 aromatic heterocycles. The molecule has 2 aliphatic rings. The lowest BCUT2D eigenvalue weighted by atomic mass is 10.0. The molecule has 1 fully saturated rings. The lowest BCUT2D eigenvalue weighted by Crippen LogP contribution is -2.46. The van der Waals surface area contributed by atoms with Gasteiger partial charge in [-0.2, -0.15) is 5.10 Å². The van der Waals surface area contributed by atoms with Crippen LogP contribution in [0.2, 0.25) is 0 Å². The van der Waals surface area contributed by atoms with E-state index in [1.165, 1.54) is 4.68 Å². The summed E-state index contributed by atoms with van der Waals surface area (Å²) in [7, 11) is 0. The molecule has 1 saturated carbocycles. The van der Waals surface area contributed by atoms with Gasteiger partial charge in [-0.3, -0.25) is 9.69 Å². The Kier molecular flexibility index (Phi) is 3.97. The minimum Gasteiger partial charge on any atom is -0.336 e. The highest BCUT2D eigenvalue weighted by Crippen LogP contribution is 2.42. The third-order valence-corrected chi connectivity index (χ3v) is 5.80. The zero-order valence-corrected chi connectivity index (χ0v) is 16.4. The van der Waals surface area contributed by atoms with E-state index in [0.29, 0.717) is 39.8 Å². The van der Waals surface area contributed by atoms with Crippen molar-refractivity contribution in [3.63, 3.8) is 0 Å². The van der Waals surface area contributed by atoms with Crippen molar-refractivity contribution in [2.75, 3.05) is 4.90 Å². The molecular formula is C20H21F2N5O2. The molecule has 9 heteroatoms. The van der Waals surface area contributed by atoms with Crippen molar-refractivity contribution in [1.82, 2.24) is 19.9 Å². The van der Waals surface area contributed by atoms with Gasteiger partial charge in [0.1, 0.15) is 11.9 Å². The summed E-state index contributed by atoms with van der Waals surface area (Å²) in [6, 6.07) is 2.04. The summed E-state index contributed by atoms with van der Waals surface area (Å²) in [6.45, 7) is 5.29. The van der Waals surface area contributed by atoms with E-state index in [2.05, 4.69) is 15.2 Å². The second kappa shape index (κ2) is 6.33. The van der Waals surface area contributed by atoms with Crippen LogP contribution in [0.25, 0.3) is 11.1 Å². The molecule has 1 aliphatic heterocycles. The lowest BCUT2D eigenvalue weighted by molar-refractivity contribution is 0.0609. The van der Waals surface area contributed by atoms with Crippen LogP contribution in [-0.4, -0.2) is 38.3 Å². The quantitative estimate of drug-likeness (QED) is 0.659. The van der Waals surface area contributed by atoms with Gasteiger partial charge in [-0.05, 0) is 46.1 Å². The van der Waals surface area contributed by atoms with Crippen molar-refractivity contribution in [3.8, 4) is 0 Å². The summed E-state index contributed by atoms with van der Waals surface area (Å²) in [6.07, 6.45) is -0.366. The molecule has 0 aromatic carbocycles. The first kappa shape index (κ1) is 18.2. The normalized spacial score (nSPS) is 21.8. The number of pyridine rings is 1. The Balaban J connectivity index is 1.65. The van der Waals surface area contributed by atoms with Crippen LogP contribution < -0.4 is 4.90 Å². The maximum atomic E-state index is 13.7. The first-order valence-corrected chi connectivity index (χ1v) is 9.80. The van der Waals surface area contributed by atoms with E-state index >= 15 is 0 Å². The molecule has 1 amide bonds. The van der Waals surface area contributed by atoms with E-state index in [4.69, 9.17) is 4.52 Å². The fourth-order valence-electron chi connectivity index (χ4n) is 4.22. The fourth-order valence-corrected chi connectivity index (χ4v) is 4.22. The molecule has 0 radical (unpaired) electrons. The molecule has 0 saturated heterocycles. The predicted molar refractivity (Wildman–Crippen MR) is 101 cm³/mol. The number of aryl methyl sites for hydroxylation is 2. The molecule has 2 atom stereocenters. The number of nitrogens with zero attached hydrogens (tertiary/aromatic N) is 5. The van der Waals surface area contributed by atoms with Crippen molar-refractivity contribution in [2.24, 2.45) is 0 Å². The standard InChI is InChI=1S/C20H21F2N5O2/c1-9-6-16-26(10(2)7-15(18(21)22)27(16)24-9)20(28)13-8-14(12-4-5-12)23-19-17(13)11(3)25-29-19/h6,8,10,12,15,18H,4-5,7H2,1-3H3/t10-,15-/m1/s1. The molecule has 1 aliphatic carbocycles. The van der Waals surface area contributed by atoms with E-state index in [0.717, 1.165) is 18.5 Å². The van der Waals surface area contributed by atoms with Crippen molar-refractivity contribution >= 4 is 22.8 Å². The number of halogens is 2. The van der Waals surface area contributed by atoms with E-state index in [1.54, 1.807) is 31.7 Å². The van der Waals surface area contributed by atoms with E-state index in [1.807, 2.05) is 6.07 Å². The Bertz CT molecular complexity index is 1120. The number of amides is 1. The third kappa shape index (κ3) is 2.82. The van der Waals surface area contributed by atoms with Gasteiger partial charge in [0.2, 0.25) is 0 Å². The second-order valence-corrected chi connectivity index (χ2v) is 8.07. The summed E-state index contributed by atoms with van der Waals surface area (Å²) in [4.78, 5) is 19.8. The maximum Gasteiger partial charge on any atom is 0.260 e. The number of aromatic nitrogens is 4. The number of carbonyl (C=O) groups excluding carboxylic acids is 1. The second-order valence-electron chi connectivity index (χ2n) is 8.07. The van der Waals surface area contributed by atoms with Crippen LogP contribution in [0.4, 0.5) is 14.6 Å². The van der Waals surface area contributed by atoms with Gasteiger partial charge in [0.15, 0.2) is 0 Å². The molecule has 5 rings (SSSR count). The van der Waals surface area contributed by atoms with Gasteiger partial charge in [0.05, 0.1) is 22.3 Å². The Morgan fingerprint density at radius 3 is 2.72 bits per heavy atom. The average molecular weight is 401 g/mol. The van der Waals surface area contributed by atoms with Crippen LogP contribution in [0.5, 0.6) is 0 Å². The molecule has 0 spiro atoms. The lowest BCUT2D eigenvalue weighted by Gasteiger charge is -2.37. The van der Waals surface area contributed by atoms with Crippen LogP contribution in [0.3, 0.4) is 0 Å². The number of hydrogen-bond donors (Lipinski definition) is 0. The van der Waals surface area contributed by atoms with Crippen molar-refractivity contribution in [3.05, 3.63) is 34.8 Å². The molecular weight excluding hydrogens is 380 g/mol. The van der Waals surface area contributed by atoms with Crippen LogP contribution >= 0.6 is 0 Å². The summed E-state index contributed by atoms with van der Waals surface area (Å²) < 4.78 is 33.9. The molecule has 152 valence electrons. The number of fused-ring (bicyclic) bond motifs is 2. The first-order valence-electron chi connectivity index (χ1n) is 9.80.